The summed E-state index contributed by atoms with van der Waals surface area (Å²) in [6.07, 6.45) is 3.26. The van der Waals surface area contributed by atoms with Gasteiger partial charge in [0.15, 0.2) is 5.82 Å². The summed E-state index contributed by atoms with van der Waals surface area (Å²) < 4.78 is 7.44. The molecule has 3 fully saturated rings. The number of rotatable bonds is 3. The second kappa shape index (κ2) is 5.41. The lowest BCUT2D eigenvalue weighted by atomic mass is 9.81. The normalized spacial score (nSPS) is 30.4. The lowest BCUT2D eigenvalue weighted by Gasteiger charge is -2.15. The minimum absolute atomic E-state index is 0.110. The molecule has 0 radical (unpaired) electrons. The number of aromatic nitrogens is 2. The molecule has 3 aliphatic heterocycles. The van der Waals surface area contributed by atoms with Crippen LogP contribution in [-0.4, -0.2) is 33.8 Å². The van der Waals surface area contributed by atoms with E-state index in [-0.39, 0.29) is 35.9 Å². The molecule has 0 saturated carbocycles. The van der Waals surface area contributed by atoms with E-state index in [0.717, 1.165) is 18.4 Å². The zero-order valence-electron chi connectivity index (χ0n) is 13.3. The molecule has 6 nitrogen and oxygen atoms in total. The Kier molecular flexibility index (Phi) is 3.27. The third kappa shape index (κ3) is 2.17. The molecule has 1 aromatic carbocycles. The number of benzene rings is 1. The van der Waals surface area contributed by atoms with Crippen LogP contribution in [0.4, 0.5) is 5.82 Å². The van der Waals surface area contributed by atoms with E-state index in [1.54, 1.807) is 16.9 Å². The van der Waals surface area contributed by atoms with Crippen molar-refractivity contribution in [3.8, 4) is 0 Å². The monoisotopic (exact) mass is 357 g/mol. The number of carbonyl (C=O) groups is 2. The molecule has 0 N–H and O–H groups in total. The van der Waals surface area contributed by atoms with Gasteiger partial charge in [0.05, 0.1) is 30.6 Å². The minimum Gasteiger partial charge on any atom is -0.373 e. The highest BCUT2D eigenvalue weighted by Crippen LogP contribution is 2.49. The Labute approximate surface area is 149 Å². The summed E-state index contributed by atoms with van der Waals surface area (Å²) in [5, 5.41) is 5.09. The van der Waals surface area contributed by atoms with Gasteiger partial charge in [0.2, 0.25) is 11.8 Å². The Balaban J connectivity index is 1.41. The highest BCUT2D eigenvalue weighted by molar-refractivity contribution is 6.31. The van der Waals surface area contributed by atoms with Crippen LogP contribution in [0.2, 0.25) is 5.02 Å². The van der Waals surface area contributed by atoms with Crippen molar-refractivity contribution in [3.05, 3.63) is 47.1 Å². The summed E-state index contributed by atoms with van der Waals surface area (Å²) >= 11 is 6.18. The first-order chi connectivity index (χ1) is 12.1. The predicted octanol–water partition coefficient (Wildman–Crippen LogP) is 2.25. The van der Waals surface area contributed by atoms with E-state index in [1.165, 1.54) is 4.90 Å². The molecule has 2 amide bonds. The van der Waals surface area contributed by atoms with Crippen molar-refractivity contribution in [3.63, 3.8) is 0 Å². The molecule has 2 aromatic rings. The maximum atomic E-state index is 12.8. The molecule has 3 saturated heterocycles. The summed E-state index contributed by atoms with van der Waals surface area (Å²) in [5.41, 5.74) is 0.932. The highest BCUT2D eigenvalue weighted by atomic mass is 35.5. The summed E-state index contributed by atoms with van der Waals surface area (Å²) in [7, 11) is 0. The molecule has 25 heavy (non-hydrogen) atoms. The Morgan fingerprint density at radius 2 is 1.76 bits per heavy atom. The van der Waals surface area contributed by atoms with Gasteiger partial charge in [0.1, 0.15) is 0 Å². The molecule has 0 spiro atoms. The van der Waals surface area contributed by atoms with Gasteiger partial charge in [0.25, 0.3) is 0 Å². The summed E-state index contributed by atoms with van der Waals surface area (Å²) in [6.45, 7) is 0.483. The Hall–Kier alpha value is -2.18. The highest BCUT2D eigenvalue weighted by Gasteiger charge is 2.63. The van der Waals surface area contributed by atoms with Gasteiger partial charge >= 0.3 is 0 Å². The number of carbonyl (C=O) groups excluding carboxylic acids is 2. The van der Waals surface area contributed by atoms with E-state index in [4.69, 9.17) is 16.3 Å². The van der Waals surface area contributed by atoms with Gasteiger partial charge in [-0.2, -0.15) is 5.10 Å². The van der Waals surface area contributed by atoms with E-state index in [2.05, 4.69) is 5.10 Å². The van der Waals surface area contributed by atoms with Gasteiger partial charge < -0.3 is 4.74 Å². The van der Waals surface area contributed by atoms with E-state index >= 15 is 0 Å². The lowest BCUT2D eigenvalue weighted by Crippen LogP contribution is -2.34. The fraction of sp³-hybridized carbons (Fsp3) is 0.389. The van der Waals surface area contributed by atoms with Crippen LogP contribution in [-0.2, 0) is 20.9 Å². The van der Waals surface area contributed by atoms with Crippen molar-refractivity contribution < 1.29 is 14.3 Å². The molecular weight excluding hydrogens is 342 g/mol. The average molecular weight is 358 g/mol. The maximum absolute atomic E-state index is 12.8. The van der Waals surface area contributed by atoms with Crippen molar-refractivity contribution >= 4 is 29.2 Å². The molecule has 5 rings (SSSR count). The van der Waals surface area contributed by atoms with Crippen molar-refractivity contribution in [2.24, 2.45) is 11.8 Å². The predicted molar refractivity (Wildman–Crippen MR) is 90.1 cm³/mol. The average Bonchev–Trinajstić information content (AvgIpc) is 3.35. The molecule has 0 unspecified atom stereocenters. The van der Waals surface area contributed by atoms with Crippen LogP contribution in [0.5, 0.6) is 0 Å². The standard InChI is InChI=1S/C18H16ClN3O3/c19-11-4-2-1-3-10(11)9-21-8-7-14(20-21)22-17(23)15-12-5-6-13(25-12)16(15)18(22)24/h1-4,7-8,12-13,15-16H,5-6,9H2/t12-,13+,15-,16+. The topological polar surface area (TPSA) is 64.4 Å². The van der Waals surface area contributed by atoms with Crippen LogP contribution < -0.4 is 4.90 Å². The number of halogens is 1. The smallest absolute Gasteiger partial charge is 0.241 e. The number of fused-ring (bicyclic) bond motifs is 5. The van der Waals surface area contributed by atoms with Crippen LogP contribution in [0.1, 0.15) is 18.4 Å². The summed E-state index contributed by atoms with van der Waals surface area (Å²) in [6, 6.07) is 9.24. The van der Waals surface area contributed by atoms with Gasteiger partial charge in [-0.3, -0.25) is 14.3 Å². The van der Waals surface area contributed by atoms with Gasteiger partial charge in [0, 0.05) is 17.3 Å². The Morgan fingerprint density at radius 1 is 1.08 bits per heavy atom. The largest absolute Gasteiger partial charge is 0.373 e. The number of ether oxygens (including phenoxy) is 1. The molecule has 0 aliphatic carbocycles. The molecule has 128 valence electrons. The van der Waals surface area contributed by atoms with Crippen molar-refractivity contribution in [2.45, 2.75) is 31.6 Å². The molecule has 4 atom stereocenters. The van der Waals surface area contributed by atoms with Crippen molar-refractivity contribution in [1.29, 1.82) is 0 Å². The molecule has 3 aliphatic rings. The van der Waals surface area contributed by atoms with Crippen LogP contribution in [0.15, 0.2) is 36.5 Å². The number of amides is 2. The number of hydrogen-bond donors (Lipinski definition) is 0. The number of hydrogen-bond acceptors (Lipinski definition) is 4. The Morgan fingerprint density at radius 3 is 2.44 bits per heavy atom. The first kappa shape index (κ1) is 15.1. The third-order valence-corrected chi connectivity index (χ3v) is 5.80. The fourth-order valence-corrected chi connectivity index (χ4v) is 4.49. The van der Waals surface area contributed by atoms with E-state index in [0.29, 0.717) is 17.4 Å². The number of anilines is 1. The number of imide groups is 1. The van der Waals surface area contributed by atoms with E-state index in [1.807, 2.05) is 24.3 Å². The third-order valence-electron chi connectivity index (χ3n) is 5.43. The van der Waals surface area contributed by atoms with Crippen LogP contribution in [0.3, 0.4) is 0 Å². The SMILES string of the molecule is O=C1[C@@H]2[C@H](C(=O)N1c1ccn(Cc3ccccc3Cl)n1)[C@H]1CC[C@@H]2O1. The first-order valence-electron chi connectivity index (χ1n) is 8.43. The maximum Gasteiger partial charge on any atom is 0.241 e. The molecule has 4 heterocycles. The van der Waals surface area contributed by atoms with Gasteiger partial charge in [-0.25, -0.2) is 4.90 Å². The van der Waals surface area contributed by atoms with Crippen LogP contribution >= 0.6 is 11.6 Å². The number of nitrogens with zero attached hydrogens (tertiary/aromatic N) is 3. The fourth-order valence-electron chi connectivity index (χ4n) is 4.30. The summed E-state index contributed by atoms with van der Waals surface area (Å²) in [5.74, 6) is -0.633. The minimum atomic E-state index is -0.333. The van der Waals surface area contributed by atoms with Gasteiger partial charge in [-0.15, -0.1) is 0 Å². The molecule has 2 bridgehead atoms. The van der Waals surface area contributed by atoms with Crippen LogP contribution in [0, 0.1) is 11.8 Å². The first-order valence-corrected chi connectivity index (χ1v) is 8.81. The zero-order valence-corrected chi connectivity index (χ0v) is 14.1. The lowest BCUT2D eigenvalue weighted by molar-refractivity contribution is -0.124. The van der Waals surface area contributed by atoms with Crippen molar-refractivity contribution in [1.82, 2.24) is 9.78 Å². The summed E-state index contributed by atoms with van der Waals surface area (Å²) in [4.78, 5) is 26.8. The zero-order chi connectivity index (χ0) is 17.1. The quantitative estimate of drug-likeness (QED) is 0.790. The second-order valence-electron chi connectivity index (χ2n) is 6.82. The van der Waals surface area contributed by atoms with Crippen molar-refractivity contribution in [2.75, 3.05) is 4.90 Å². The molecule has 7 heteroatoms. The second-order valence-corrected chi connectivity index (χ2v) is 7.22. The van der Waals surface area contributed by atoms with Gasteiger partial charge in [-0.1, -0.05) is 29.8 Å². The van der Waals surface area contributed by atoms with Crippen LogP contribution in [0.25, 0.3) is 0 Å². The molecule has 1 aromatic heterocycles. The van der Waals surface area contributed by atoms with Gasteiger partial charge in [-0.05, 0) is 24.5 Å². The Bertz CT molecular complexity index is 852. The van der Waals surface area contributed by atoms with E-state index in [9.17, 15) is 9.59 Å². The molecular formula is C18H16ClN3O3. The van der Waals surface area contributed by atoms with E-state index < -0.39 is 0 Å².